The van der Waals surface area contributed by atoms with Crippen molar-refractivity contribution < 1.29 is 41.3 Å². The van der Waals surface area contributed by atoms with E-state index in [1.54, 1.807) is 0 Å². The first-order valence-electron chi connectivity index (χ1n) is 14.4. The maximum Gasteiger partial charge on any atom is 0.322 e. The van der Waals surface area contributed by atoms with E-state index in [9.17, 15) is 31.8 Å². The molecule has 0 radical (unpaired) electrons. The maximum absolute atomic E-state index is 13.5. The van der Waals surface area contributed by atoms with Gasteiger partial charge in [-0.1, -0.05) is 75.7 Å². The molecule has 0 unspecified atom stereocenters. The number of hydrogen-bond acceptors (Lipinski definition) is 15. The fourth-order valence-electron chi connectivity index (χ4n) is 4.08. The van der Waals surface area contributed by atoms with E-state index in [0.717, 1.165) is 24.9 Å². The highest BCUT2D eigenvalue weighted by atomic mass is 35.5. The van der Waals surface area contributed by atoms with Crippen molar-refractivity contribution in [2.75, 3.05) is 37.1 Å². The zero-order valence-corrected chi connectivity index (χ0v) is 35.0. The molecule has 292 valence electrons. The number of hydrogen-bond donors (Lipinski definition) is 5. The van der Waals surface area contributed by atoms with Crippen molar-refractivity contribution in [3.8, 4) is 23.0 Å². The Labute approximate surface area is 346 Å². The number of aromatic nitrogens is 4. The number of nitrogens with one attached hydrogen (secondary N) is 2. The van der Waals surface area contributed by atoms with E-state index >= 15 is 0 Å². The Morgan fingerprint density at radius 2 is 1.41 bits per heavy atom. The molecule has 0 saturated heterocycles. The number of benzene rings is 2. The van der Waals surface area contributed by atoms with Crippen LogP contribution in [0.5, 0.6) is 11.8 Å². The van der Waals surface area contributed by atoms with Crippen LogP contribution in [0.25, 0.3) is 11.3 Å². The van der Waals surface area contributed by atoms with E-state index in [1.165, 1.54) is 31.4 Å². The van der Waals surface area contributed by atoms with Crippen LogP contribution in [-0.2, 0) is 24.8 Å². The van der Waals surface area contributed by atoms with Gasteiger partial charge in [0.2, 0.25) is 21.7 Å². The number of ether oxygens (including phenoxy) is 2. The third-order valence-corrected chi connectivity index (χ3v) is 14.4. The number of thioether (sulfide) groups is 2. The average molecular weight is 945 g/mol. The number of rotatable bonds is 17. The minimum atomic E-state index is -4.67. The van der Waals surface area contributed by atoms with Crippen molar-refractivity contribution in [2.45, 2.75) is 31.9 Å². The van der Waals surface area contributed by atoms with E-state index in [-0.39, 0.29) is 75.7 Å². The molecule has 0 fully saturated rings. The molecular weight excluding hydrogens is 919 g/mol. The third-order valence-electron chi connectivity index (χ3n) is 6.65. The van der Waals surface area contributed by atoms with E-state index in [1.807, 2.05) is 0 Å². The van der Waals surface area contributed by atoms with Crippen molar-refractivity contribution in [1.82, 2.24) is 24.7 Å². The van der Waals surface area contributed by atoms with Gasteiger partial charge in [-0.05, 0) is 24.3 Å². The molecule has 2 heterocycles. The lowest BCUT2D eigenvalue weighted by Crippen LogP contribution is -2.42. The van der Waals surface area contributed by atoms with E-state index in [2.05, 4.69) is 29.4 Å². The fraction of sp³-hybridized carbons (Fsp3) is 0.250. The van der Waals surface area contributed by atoms with Crippen LogP contribution in [0.1, 0.15) is 0 Å². The summed E-state index contributed by atoms with van der Waals surface area (Å²) in [4.78, 5) is 28.0. The summed E-state index contributed by atoms with van der Waals surface area (Å²) >= 11 is 39.3. The van der Waals surface area contributed by atoms with Crippen LogP contribution in [0.15, 0.2) is 50.2 Å². The topological polar surface area (TPSA) is 246 Å². The maximum atomic E-state index is 13.5. The summed E-state index contributed by atoms with van der Waals surface area (Å²) in [6, 6.07) is 3.93. The Morgan fingerprint density at radius 3 is 2.02 bits per heavy atom. The summed E-state index contributed by atoms with van der Waals surface area (Å²) in [5, 5.41) is 17.7. The first-order valence-corrected chi connectivity index (χ1v) is 21.6. The fourth-order valence-corrected chi connectivity index (χ4v) is 10.2. The Bertz CT molecular complexity index is 2300. The molecule has 2 aromatic heterocycles. The standard InChI is InChI=1S/C28H25Cl6N7O9S4/c1-49-24-20(36-21(33)26(38-24)51-9-11(35)8-42)12-6-7-16(19(32)17(12)30)53(45,46)40-14(28(43)44)10-52-27-22(34)37-23(25(39-27)50-2)41-54(47,48)15-5-3-4-13(29)18(15)31/h3-7,11,14,40,42H,8-10,35H2,1-2H3,(H,37,41)(H,43,44)/t11-,14+/m1/s1. The van der Waals surface area contributed by atoms with Gasteiger partial charge in [0.15, 0.2) is 10.3 Å². The number of carboxylic acid groups (broad SMARTS) is 1. The van der Waals surface area contributed by atoms with Crippen molar-refractivity contribution in [1.29, 1.82) is 0 Å². The molecule has 2 atom stereocenters. The van der Waals surface area contributed by atoms with Gasteiger partial charge in [-0.25, -0.2) is 36.8 Å². The molecule has 16 nitrogen and oxygen atoms in total. The molecular formula is C28H25Cl6N7O9S4. The second kappa shape index (κ2) is 18.8. The Hall–Kier alpha value is -2.31. The summed E-state index contributed by atoms with van der Waals surface area (Å²) in [5.41, 5.74) is 5.85. The Balaban J connectivity index is 1.56. The molecule has 0 aliphatic heterocycles. The van der Waals surface area contributed by atoms with Gasteiger partial charge in [-0.3, -0.25) is 9.52 Å². The SMILES string of the molecule is COc1nc(SC[C@H](NS(=O)(=O)c2ccc(-c3nc(Cl)c(SC[C@H](N)CO)nc3OC)c(Cl)c2Cl)C(=O)O)c(Cl)nc1NS(=O)(=O)c1cccc(Cl)c1Cl. The third kappa shape index (κ3) is 10.3. The first kappa shape index (κ1) is 44.4. The average Bonchev–Trinajstić information content (AvgIpc) is 3.11. The number of methoxy groups -OCH3 is 2. The summed E-state index contributed by atoms with van der Waals surface area (Å²) in [7, 11) is -6.58. The highest BCUT2D eigenvalue weighted by Crippen LogP contribution is 2.42. The molecule has 26 heteroatoms. The molecule has 0 aliphatic rings. The van der Waals surface area contributed by atoms with Crippen LogP contribution < -0.4 is 24.7 Å². The van der Waals surface area contributed by atoms with E-state index < -0.39 is 59.6 Å². The molecule has 0 amide bonds. The minimum Gasteiger partial charge on any atom is -0.480 e. The number of aliphatic hydroxyl groups excluding tert-OH is 1. The summed E-state index contributed by atoms with van der Waals surface area (Å²) in [6.07, 6.45) is 0. The van der Waals surface area contributed by atoms with Gasteiger partial charge >= 0.3 is 5.97 Å². The molecule has 0 saturated carbocycles. The second-order valence-corrected chi connectivity index (χ2v) is 17.9. The van der Waals surface area contributed by atoms with Gasteiger partial charge in [0.25, 0.3) is 15.9 Å². The highest BCUT2D eigenvalue weighted by Gasteiger charge is 2.31. The lowest BCUT2D eigenvalue weighted by molar-refractivity contribution is -0.138. The number of aliphatic carboxylic acids is 1. The summed E-state index contributed by atoms with van der Waals surface area (Å²) in [5.74, 6) is -2.66. The molecule has 4 aromatic rings. The molecule has 6 N–H and O–H groups in total. The van der Waals surface area contributed by atoms with Gasteiger partial charge in [-0.15, -0.1) is 23.5 Å². The molecule has 0 bridgehead atoms. The number of carbonyl (C=O) groups is 1. The van der Waals surface area contributed by atoms with Crippen LogP contribution in [0.4, 0.5) is 5.82 Å². The number of anilines is 1. The summed E-state index contributed by atoms with van der Waals surface area (Å²) < 4.78 is 67.7. The van der Waals surface area contributed by atoms with E-state index in [4.69, 9.17) is 84.8 Å². The number of sulfonamides is 2. The lowest BCUT2D eigenvalue weighted by Gasteiger charge is -2.17. The minimum absolute atomic E-state index is 0.0161. The number of aliphatic hydroxyl groups is 1. The van der Waals surface area contributed by atoms with Crippen molar-refractivity contribution in [3.05, 3.63) is 60.7 Å². The van der Waals surface area contributed by atoms with Gasteiger partial charge in [0, 0.05) is 23.1 Å². The number of nitrogens with zero attached hydrogens (tertiary/aromatic N) is 4. The Morgan fingerprint density at radius 1 is 0.815 bits per heavy atom. The zero-order valence-electron chi connectivity index (χ0n) is 27.2. The quantitative estimate of drug-likeness (QED) is 0.0808. The number of carboxylic acids is 1. The van der Waals surface area contributed by atoms with Crippen LogP contribution in [-0.4, -0.2) is 97.4 Å². The van der Waals surface area contributed by atoms with Crippen LogP contribution in [0, 0.1) is 0 Å². The van der Waals surface area contributed by atoms with Crippen molar-refractivity contribution in [3.63, 3.8) is 0 Å². The largest absolute Gasteiger partial charge is 0.480 e. The van der Waals surface area contributed by atoms with Gasteiger partial charge in [0.1, 0.15) is 31.6 Å². The van der Waals surface area contributed by atoms with Gasteiger partial charge in [0.05, 0.1) is 40.9 Å². The monoisotopic (exact) mass is 941 g/mol. The molecule has 4 rings (SSSR count). The molecule has 0 aliphatic carbocycles. The number of halogens is 6. The van der Waals surface area contributed by atoms with Crippen LogP contribution >= 0.6 is 93.1 Å². The summed E-state index contributed by atoms with van der Waals surface area (Å²) in [6.45, 7) is -0.263. The van der Waals surface area contributed by atoms with Crippen LogP contribution in [0.2, 0.25) is 30.4 Å². The molecule has 2 aromatic carbocycles. The highest BCUT2D eigenvalue weighted by molar-refractivity contribution is 7.99. The van der Waals surface area contributed by atoms with Gasteiger partial charge in [-0.2, -0.15) is 4.72 Å². The first-order chi connectivity index (χ1) is 25.3. The zero-order chi connectivity index (χ0) is 40.1. The molecule has 0 spiro atoms. The molecule has 54 heavy (non-hydrogen) atoms. The Kier molecular flexibility index (Phi) is 15.4. The predicted molar refractivity (Wildman–Crippen MR) is 208 cm³/mol. The normalized spacial score (nSPS) is 13.0. The van der Waals surface area contributed by atoms with E-state index in [0.29, 0.717) is 11.8 Å². The number of nitrogens with two attached hydrogens (primary N) is 1. The second-order valence-electron chi connectivity index (χ2n) is 10.3. The van der Waals surface area contributed by atoms with Crippen molar-refractivity contribution in [2.24, 2.45) is 5.73 Å². The van der Waals surface area contributed by atoms with Crippen molar-refractivity contribution >= 4 is 125 Å². The van der Waals surface area contributed by atoms with Gasteiger partial charge < -0.3 is 25.4 Å². The smallest absolute Gasteiger partial charge is 0.322 e. The predicted octanol–water partition coefficient (Wildman–Crippen LogP) is 5.61. The lowest BCUT2D eigenvalue weighted by atomic mass is 10.1. The van der Waals surface area contributed by atoms with Crippen LogP contribution in [0.3, 0.4) is 0 Å².